The molecule has 0 amide bonds. The fourth-order valence-corrected chi connectivity index (χ4v) is 4.30. The SMILES string of the molecule is CCOc1ccc(-n2nc(CCCN[C@@H]3Cn4c(=O)ccc5ccc(F)c3c54)oc2=O)cc1. The van der Waals surface area contributed by atoms with E-state index in [1.54, 1.807) is 41.0 Å². The molecule has 170 valence electrons. The Morgan fingerprint density at radius 1 is 1.15 bits per heavy atom. The van der Waals surface area contributed by atoms with Gasteiger partial charge in [0.05, 0.1) is 23.9 Å². The number of rotatable bonds is 8. The summed E-state index contributed by atoms with van der Waals surface area (Å²) in [6, 6.07) is 13.1. The fraction of sp³-hybridized carbons (Fsp3) is 0.292. The van der Waals surface area contributed by atoms with Crippen LogP contribution in [0.2, 0.25) is 0 Å². The van der Waals surface area contributed by atoms with Gasteiger partial charge in [-0.1, -0.05) is 0 Å². The van der Waals surface area contributed by atoms with Crippen LogP contribution in [0.4, 0.5) is 4.39 Å². The minimum absolute atomic E-state index is 0.139. The largest absolute Gasteiger partial charge is 0.494 e. The van der Waals surface area contributed by atoms with E-state index in [0.717, 1.165) is 5.39 Å². The Balaban J connectivity index is 1.23. The maximum Gasteiger partial charge on any atom is 0.441 e. The Morgan fingerprint density at radius 3 is 2.73 bits per heavy atom. The van der Waals surface area contributed by atoms with Crippen molar-refractivity contribution in [2.45, 2.75) is 32.4 Å². The first-order valence-corrected chi connectivity index (χ1v) is 10.9. The molecule has 0 fully saturated rings. The summed E-state index contributed by atoms with van der Waals surface area (Å²) in [5.74, 6) is 0.167. The van der Waals surface area contributed by atoms with Crippen molar-refractivity contribution in [1.29, 1.82) is 0 Å². The normalized spacial score (nSPS) is 14.8. The van der Waals surface area contributed by atoms with Gasteiger partial charge in [0.25, 0.3) is 5.56 Å². The van der Waals surface area contributed by atoms with Crippen LogP contribution in [0.5, 0.6) is 5.75 Å². The predicted molar refractivity (Wildman–Crippen MR) is 120 cm³/mol. The number of nitrogens with zero attached hydrogens (tertiary/aromatic N) is 3. The molecule has 5 rings (SSSR count). The number of hydrogen-bond acceptors (Lipinski definition) is 6. The van der Waals surface area contributed by atoms with Crippen LogP contribution in [0.1, 0.15) is 30.8 Å². The summed E-state index contributed by atoms with van der Waals surface area (Å²) in [4.78, 5) is 24.4. The minimum atomic E-state index is -0.554. The molecule has 1 aliphatic heterocycles. The second-order valence-corrected chi connectivity index (χ2v) is 7.89. The number of hydrogen-bond donors (Lipinski definition) is 1. The van der Waals surface area contributed by atoms with Crippen LogP contribution in [0, 0.1) is 5.82 Å². The van der Waals surface area contributed by atoms with Gasteiger partial charge in [0.1, 0.15) is 11.6 Å². The summed E-state index contributed by atoms with van der Waals surface area (Å²) in [6.45, 7) is 3.39. The number of halogens is 1. The van der Waals surface area contributed by atoms with Gasteiger partial charge in [-0.25, -0.2) is 9.18 Å². The number of ether oxygens (including phenoxy) is 1. The molecule has 0 unspecified atom stereocenters. The lowest BCUT2D eigenvalue weighted by Gasteiger charge is -2.13. The average molecular weight is 450 g/mol. The van der Waals surface area contributed by atoms with Gasteiger partial charge >= 0.3 is 5.76 Å². The van der Waals surface area contributed by atoms with E-state index < -0.39 is 5.76 Å². The molecule has 0 spiro atoms. The molecule has 1 aliphatic rings. The van der Waals surface area contributed by atoms with Crippen molar-refractivity contribution in [3.63, 3.8) is 0 Å². The smallest absolute Gasteiger partial charge is 0.441 e. The molecule has 0 saturated heterocycles. The highest BCUT2D eigenvalue weighted by Gasteiger charge is 2.28. The zero-order chi connectivity index (χ0) is 22.9. The van der Waals surface area contributed by atoms with E-state index in [-0.39, 0.29) is 17.4 Å². The molecule has 0 radical (unpaired) electrons. The van der Waals surface area contributed by atoms with E-state index in [1.165, 1.54) is 16.8 Å². The number of aryl methyl sites for hydroxylation is 1. The van der Waals surface area contributed by atoms with Gasteiger partial charge < -0.3 is 19.0 Å². The quantitative estimate of drug-likeness (QED) is 0.415. The van der Waals surface area contributed by atoms with Gasteiger partial charge in [0, 0.05) is 24.6 Å². The number of aromatic nitrogens is 3. The molecule has 33 heavy (non-hydrogen) atoms. The van der Waals surface area contributed by atoms with Gasteiger partial charge in [0.2, 0.25) is 5.89 Å². The first kappa shape index (κ1) is 21.1. The molecule has 2 aromatic carbocycles. The van der Waals surface area contributed by atoms with Gasteiger partial charge in [0.15, 0.2) is 0 Å². The van der Waals surface area contributed by atoms with Crippen LogP contribution in [0.15, 0.2) is 62.5 Å². The van der Waals surface area contributed by atoms with E-state index >= 15 is 0 Å². The Hall–Kier alpha value is -3.72. The summed E-state index contributed by atoms with van der Waals surface area (Å²) >= 11 is 0. The topological polar surface area (TPSA) is 91.3 Å². The van der Waals surface area contributed by atoms with Crippen molar-refractivity contribution in [3.8, 4) is 11.4 Å². The van der Waals surface area contributed by atoms with E-state index in [4.69, 9.17) is 9.15 Å². The Kier molecular flexibility index (Phi) is 5.55. The maximum absolute atomic E-state index is 14.6. The third-order valence-electron chi connectivity index (χ3n) is 5.79. The van der Waals surface area contributed by atoms with Crippen LogP contribution in [0.25, 0.3) is 16.6 Å². The van der Waals surface area contributed by atoms with Crippen LogP contribution in [0.3, 0.4) is 0 Å². The van der Waals surface area contributed by atoms with Gasteiger partial charge in [-0.15, -0.1) is 5.10 Å². The van der Waals surface area contributed by atoms with Crippen molar-refractivity contribution in [2.24, 2.45) is 0 Å². The standard InChI is InChI=1S/C24H23FN4O4/c1-2-32-17-9-7-16(8-10-17)29-24(31)33-20(27-29)4-3-13-26-19-14-28-21(30)12-6-15-5-11-18(25)22(19)23(15)28/h5-12,19,26H,2-4,13-14H2,1H3/t19-/m1/s1. The molecule has 0 aliphatic carbocycles. The van der Waals surface area contributed by atoms with E-state index in [1.807, 2.05) is 6.92 Å². The molecule has 1 N–H and O–H groups in total. The lowest BCUT2D eigenvalue weighted by Crippen LogP contribution is -2.26. The Bertz CT molecular complexity index is 1420. The summed E-state index contributed by atoms with van der Waals surface area (Å²) in [6.07, 6.45) is 1.07. The molecular weight excluding hydrogens is 427 g/mol. The molecule has 0 bridgehead atoms. The van der Waals surface area contributed by atoms with Crippen LogP contribution >= 0.6 is 0 Å². The second kappa shape index (κ2) is 8.67. The van der Waals surface area contributed by atoms with Crippen molar-refractivity contribution in [1.82, 2.24) is 19.7 Å². The average Bonchev–Trinajstić information content (AvgIpc) is 3.38. The molecule has 3 heterocycles. The van der Waals surface area contributed by atoms with Gasteiger partial charge in [-0.2, -0.15) is 4.68 Å². The molecule has 8 nitrogen and oxygen atoms in total. The fourth-order valence-electron chi connectivity index (χ4n) is 4.30. The Labute approximate surface area is 188 Å². The predicted octanol–water partition coefficient (Wildman–Crippen LogP) is 2.96. The highest BCUT2D eigenvalue weighted by atomic mass is 19.1. The van der Waals surface area contributed by atoms with Crippen LogP contribution in [-0.4, -0.2) is 27.5 Å². The first-order valence-electron chi connectivity index (χ1n) is 10.9. The lowest BCUT2D eigenvalue weighted by molar-refractivity contribution is 0.340. The molecular formula is C24H23FN4O4. The summed E-state index contributed by atoms with van der Waals surface area (Å²) in [5.41, 5.74) is 1.63. The first-order chi connectivity index (χ1) is 16.0. The molecule has 4 aromatic rings. The van der Waals surface area contributed by atoms with E-state index in [0.29, 0.717) is 60.9 Å². The third-order valence-corrected chi connectivity index (χ3v) is 5.79. The molecule has 9 heteroatoms. The van der Waals surface area contributed by atoms with Crippen LogP contribution in [-0.2, 0) is 13.0 Å². The summed E-state index contributed by atoms with van der Waals surface area (Å²) < 4.78 is 28.1. The second-order valence-electron chi connectivity index (χ2n) is 7.89. The van der Waals surface area contributed by atoms with E-state index in [9.17, 15) is 14.0 Å². The highest BCUT2D eigenvalue weighted by Crippen LogP contribution is 2.33. The number of nitrogens with one attached hydrogen (secondary N) is 1. The Morgan fingerprint density at radius 2 is 1.94 bits per heavy atom. The molecule has 0 saturated carbocycles. The van der Waals surface area contributed by atoms with Crippen LogP contribution < -0.4 is 21.4 Å². The molecule has 1 atom stereocenters. The summed E-state index contributed by atoms with van der Waals surface area (Å²) in [7, 11) is 0. The lowest BCUT2D eigenvalue weighted by atomic mass is 10.1. The van der Waals surface area contributed by atoms with Crippen molar-refractivity contribution >= 4 is 10.9 Å². The summed E-state index contributed by atoms with van der Waals surface area (Å²) in [5, 5.41) is 8.45. The van der Waals surface area contributed by atoms with Crippen molar-refractivity contribution in [2.75, 3.05) is 13.2 Å². The zero-order valence-corrected chi connectivity index (χ0v) is 18.1. The van der Waals surface area contributed by atoms with Gasteiger partial charge in [-0.3, -0.25) is 4.79 Å². The molecule has 2 aromatic heterocycles. The zero-order valence-electron chi connectivity index (χ0n) is 18.1. The number of pyridine rings is 1. The van der Waals surface area contributed by atoms with Crippen molar-refractivity contribution in [3.05, 3.63) is 86.7 Å². The van der Waals surface area contributed by atoms with Crippen molar-refractivity contribution < 1.29 is 13.5 Å². The minimum Gasteiger partial charge on any atom is -0.494 e. The number of benzene rings is 2. The van der Waals surface area contributed by atoms with E-state index in [2.05, 4.69) is 10.4 Å². The van der Waals surface area contributed by atoms with Gasteiger partial charge in [-0.05, 0) is 67.7 Å². The monoisotopic (exact) mass is 450 g/mol. The third kappa shape index (κ3) is 3.95. The highest BCUT2D eigenvalue weighted by molar-refractivity contribution is 5.84. The maximum atomic E-state index is 14.6.